The number of hydrogen-bond donors (Lipinski definition) is 1. The van der Waals surface area contributed by atoms with Crippen LogP contribution in [-0.2, 0) is 14.8 Å². The number of rotatable bonds is 5. The molecule has 5 heteroatoms. The largest absolute Gasteiger partial charge is 0.274 e. The van der Waals surface area contributed by atoms with Gasteiger partial charge in [-0.1, -0.05) is 19.1 Å². The Bertz CT molecular complexity index is 373. The molecule has 16 heavy (non-hydrogen) atoms. The first kappa shape index (κ1) is 13.2. The van der Waals surface area contributed by atoms with E-state index in [2.05, 4.69) is 4.72 Å². The highest BCUT2D eigenvalue weighted by Gasteiger charge is 2.23. The fourth-order valence-electron chi connectivity index (χ4n) is 1.62. The van der Waals surface area contributed by atoms with Gasteiger partial charge in [-0.25, -0.2) is 8.42 Å². The van der Waals surface area contributed by atoms with Gasteiger partial charge in [-0.15, -0.1) is 0 Å². The molecule has 0 saturated heterocycles. The van der Waals surface area contributed by atoms with Gasteiger partial charge < -0.3 is 0 Å². The molecular weight excluding hydrogens is 226 g/mol. The molecule has 0 heterocycles. The van der Waals surface area contributed by atoms with E-state index in [0.717, 1.165) is 12.8 Å². The predicted molar refractivity (Wildman–Crippen MR) is 63.3 cm³/mol. The quantitative estimate of drug-likeness (QED) is 0.748. The van der Waals surface area contributed by atoms with E-state index >= 15 is 0 Å². The number of amides is 1. The number of sulfonamides is 1. The maximum atomic E-state index is 11.6. The summed E-state index contributed by atoms with van der Waals surface area (Å²) in [5.41, 5.74) is 0. The fourth-order valence-corrected chi connectivity index (χ4v) is 2.66. The Balaban J connectivity index is 2.47. The highest BCUT2D eigenvalue weighted by atomic mass is 32.2. The average Bonchev–Trinajstić information content (AvgIpc) is 2.67. The first-order chi connectivity index (χ1) is 7.45. The molecule has 4 nitrogen and oxygen atoms in total. The summed E-state index contributed by atoms with van der Waals surface area (Å²) in [4.78, 5) is 11.5. The standard InChI is InChI=1S/C11H19NO3S/c1-3-9(2)16(14,15)12-11(13)8-10-6-4-5-7-10/h4,6,9-10H,3,5,7-8H2,1-2H3,(H,12,13). The molecule has 0 aromatic carbocycles. The highest BCUT2D eigenvalue weighted by Crippen LogP contribution is 2.20. The van der Waals surface area contributed by atoms with E-state index in [4.69, 9.17) is 0 Å². The van der Waals surface area contributed by atoms with E-state index in [0.29, 0.717) is 6.42 Å². The summed E-state index contributed by atoms with van der Waals surface area (Å²) < 4.78 is 25.3. The molecule has 0 spiro atoms. The van der Waals surface area contributed by atoms with E-state index in [-0.39, 0.29) is 12.3 Å². The molecular formula is C11H19NO3S. The van der Waals surface area contributed by atoms with Crippen LogP contribution in [-0.4, -0.2) is 19.6 Å². The summed E-state index contributed by atoms with van der Waals surface area (Å²) in [5, 5.41) is -0.518. The summed E-state index contributed by atoms with van der Waals surface area (Å²) in [6.07, 6.45) is 6.71. The number of carbonyl (C=O) groups excluding carboxylic acids is 1. The van der Waals surface area contributed by atoms with Crippen molar-refractivity contribution in [1.29, 1.82) is 0 Å². The molecule has 0 radical (unpaired) electrons. The third-order valence-electron chi connectivity index (χ3n) is 2.92. The average molecular weight is 245 g/mol. The maximum absolute atomic E-state index is 11.6. The molecule has 2 atom stereocenters. The van der Waals surface area contributed by atoms with Gasteiger partial charge in [0.1, 0.15) is 0 Å². The molecule has 1 aliphatic carbocycles. The molecule has 0 fully saturated rings. The Morgan fingerprint density at radius 3 is 2.75 bits per heavy atom. The van der Waals surface area contributed by atoms with Gasteiger partial charge in [0.15, 0.2) is 0 Å². The minimum atomic E-state index is -3.47. The van der Waals surface area contributed by atoms with Crippen LogP contribution in [0.5, 0.6) is 0 Å². The lowest BCUT2D eigenvalue weighted by atomic mass is 10.1. The molecule has 1 aliphatic rings. The Hall–Kier alpha value is -0.840. The van der Waals surface area contributed by atoms with Crippen LogP contribution < -0.4 is 4.72 Å². The van der Waals surface area contributed by atoms with Gasteiger partial charge in [-0.05, 0) is 32.1 Å². The summed E-state index contributed by atoms with van der Waals surface area (Å²) in [6, 6.07) is 0. The summed E-state index contributed by atoms with van der Waals surface area (Å²) in [7, 11) is -3.47. The van der Waals surface area contributed by atoms with Crippen LogP contribution in [0.25, 0.3) is 0 Å². The van der Waals surface area contributed by atoms with Crippen molar-refractivity contribution in [2.75, 3.05) is 0 Å². The lowest BCUT2D eigenvalue weighted by molar-refractivity contribution is -0.119. The van der Waals surface area contributed by atoms with Crippen LogP contribution in [0.15, 0.2) is 12.2 Å². The molecule has 1 amide bonds. The molecule has 1 rings (SSSR count). The smallest absolute Gasteiger partial charge is 0.237 e. The molecule has 0 bridgehead atoms. The monoisotopic (exact) mass is 245 g/mol. The van der Waals surface area contributed by atoms with Crippen molar-refractivity contribution in [2.45, 2.75) is 44.8 Å². The number of allylic oxidation sites excluding steroid dienone is 2. The number of hydrogen-bond acceptors (Lipinski definition) is 3. The van der Waals surface area contributed by atoms with E-state index in [1.54, 1.807) is 13.8 Å². The summed E-state index contributed by atoms with van der Waals surface area (Å²) in [6.45, 7) is 3.39. The van der Waals surface area contributed by atoms with Crippen LogP contribution in [0.1, 0.15) is 39.5 Å². The van der Waals surface area contributed by atoms with Crippen molar-refractivity contribution >= 4 is 15.9 Å². The lowest BCUT2D eigenvalue weighted by Gasteiger charge is -2.13. The molecule has 0 aliphatic heterocycles. The minimum Gasteiger partial charge on any atom is -0.274 e. The second-order valence-electron chi connectivity index (χ2n) is 4.26. The van der Waals surface area contributed by atoms with Crippen LogP contribution in [0, 0.1) is 5.92 Å². The van der Waals surface area contributed by atoms with Crippen molar-refractivity contribution in [3.63, 3.8) is 0 Å². The van der Waals surface area contributed by atoms with E-state index in [9.17, 15) is 13.2 Å². The van der Waals surface area contributed by atoms with Crippen LogP contribution in [0.3, 0.4) is 0 Å². The van der Waals surface area contributed by atoms with Gasteiger partial charge in [-0.2, -0.15) is 0 Å². The van der Waals surface area contributed by atoms with E-state index in [1.165, 1.54) is 0 Å². The Morgan fingerprint density at radius 2 is 2.25 bits per heavy atom. The van der Waals surface area contributed by atoms with Crippen molar-refractivity contribution in [1.82, 2.24) is 4.72 Å². The Labute approximate surface area is 97.2 Å². The molecule has 0 aromatic heterocycles. The first-order valence-corrected chi connectivity index (χ1v) is 7.21. The molecule has 0 aromatic rings. The molecule has 1 N–H and O–H groups in total. The van der Waals surface area contributed by atoms with Crippen LogP contribution in [0.4, 0.5) is 0 Å². The van der Waals surface area contributed by atoms with Gasteiger partial charge in [0.25, 0.3) is 0 Å². The second-order valence-corrected chi connectivity index (χ2v) is 6.36. The zero-order valence-corrected chi connectivity index (χ0v) is 10.6. The zero-order chi connectivity index (χ0) is 12.2. The van der Waals surface area contributed by atoms with Crippen molar-refractivity contribution in [2.24, 2.45) is 5.92 Å². The Morgan fingerprint density at radius 1 is 1.56 bits per heavy atom. The third kappa shape index (κ3) is 3.63. The zero-order valence-electron chi connectivity index (χ0n) is 9.77. The van der Waals surface area contributed by atoms with Crippen LogP contribution in [0.2, 0.25) is 0 Å². The first-order valence-electron chi connectivity index (χ1n) is 5.66. The second kappa shape index (κ2) is 5.48. The molecule has 2 unspecified atom stereocenters. The van der Waals surface area contributed by atoms with Crippen molar-refractivity contribution in [3.05, 3.63) is 12.2 Å². The molecule has 92 valence electrons. The van der Waals surface area contributed by atoms with Crippen molar-refractivity contribution in [3.8, 4) is 0 Å². The van der Waals surface area contributed by atoms with Crippen molar-refractivity contribution < 1.29 is 13.2 Å². The number of carbonyl (C=O) groups is 1. The topological polar surface area (TPSA) is 63.2 Å². The van der Waals surface area contributed by atoms with Gasteiger partial charge in [0.2, 0.25) is 15.9 Å². The normalized spacial score (nSPS) is 22.0. The van der Waals surface area contributed by atoms with Gasteiger partial charge >= 0.3 is 0 Å². The number of nitrogens with one attached hydrogen (secondary N) is 1. The van der Waals surface area contributed by atoms with Gasteiger partial charge in [0, 0.05) is 6.42 Å². The lowest BCUT2D eigenvalue weighted by Crippen LogP contribution is -2.37. The third-order valence-corrected chi connectivity index (χ3v) is 4.83. The highest BCUT2D eigenvalue weighted by molar-refractivity contribution is 7.90. The fraction of sp³-hybridized carbons (Fsp3) is 0.727. The SMILES string of the molecule is CCC(C)S(=O)(=O)NC(=O)CC1C=CCC1. The van der Waals surface area contributed by atoms with E-state index < -0.39 is 21.2 Å². The van der Waals surface area contributed by atoms with Gasteiger partial charge in [0.05, 0.1) is 5.25 Å². The Kier molecular flexibility index (Phi) is 4.53. The van der Waals surface area contributed by atoms with Crippen LogP contribution >= 0.6 is 0 Å². The van der Waals surface area contributed by atoms with Gasteiger partial charge in [-0.3, -0.25) is 9.52 Å². The summed E-state index contributed by atoms with van der Waals surface area (Å²) >= 11 is 0. The van der Waals surface area contributed by atoms with E-state index in [1.807, 2.05) is 12.2 Å². The molecule has 0 saturated carbocycles. The predicted octanol–water partition coefficient (Wildman–Crippen LogP) is 1.59. The minimum absolute atomic E-state index is 0.201. The maximum Gasteiger partial charge on any atom is 0.237 e. The summed E-state index contributed by atoms with van der Waals surface area (Å²) in [5.74, 6) is -0.191.